The maximum Gasteiger partial charge on any atom is 0.573 e. The Kier molecular flexibility index (Phi) is 4.73. The third-order valence-electron chi connectivity index (χ3n) is 3.58. The van der Waals surface area contributed by atoms with Crippen molar-refractivity contribution in [2.24, 2.45) is 0 Å². The van der Waals surface area contributed by atoms with Gasteiger partial charge < -0.3 is 9.64 Å². The number of alkyl halides is 3. The number of amides is 3. The van der Waals surface area contributed by atoms with Gasteiger partial charge in [0.2, 0.25) is 0 Å². The van der Waals surface area contributed by atoms with E-state index < -0.39 is 24.1 Å². The van der Waals surface area contributed by atoms with Crippen LogP contribution in [-0.2, 0) is 11.3 Å². The summed E-state index contributed by atoms with van der Waals surface area (Å²) >= 11 is 6.01. The Labute approximate surface area is 150 Å². The fraction of sp³-hybridized carbons (Fsp3) is 0.188. The van der Waals surface area contributed by atoms with Gasteiger partial charge in [0.15, 0.2) is 0 Å². The van der Waals surface area contributed by atoms with Gasteiger partial charge in [-0.2, -0.15) is 0 Å². The minimum Gasteiger partial charge on any atom is -0.406 e. The second-order valence-corrected chi connectivity index (χ2v) is 5.78. The van der Waals surface area contributed by atoms with E-state index in [0.717, 1.165) is 17.0 Å². The number of ether oxygens (including phenoxy) is 1. The SMILES string of the molecule is O=C1CN(Cc2ccncc2Cl)C(=O)N1c1ccc(OC(F)(F)F)cc1. The Morgan fingerprint density at radius 3 is 2.46 bits per heavy atom. The molecule has 1 aromatic carbocycles. The smallest absolute Gasteiger partial charge is 0.406 e. The maximum atomic E-state index is 12.5. The molecule has 1 fully saturated rings. The molecule has 0 spiro atoms. The predicted molar refractivity (Wildman–Crippen MR) is 85.7 cm³/mol. The van der Waals surface area contributed by atoms with E-state index in [1.54, 1.807) is 6.07 Å². The number of carbonyl (C=O) groups is 2. The lowest BCUT2D eigenvalue weighted by Gasteiger charge is -2.18. The molecule has 26 heavy (non-hydrogen) atoms. The van der Waals surface area contributed by atoms with Gasteiger partial charge >= 0.3 is 12.4 Å². The minimum absolute atomic E-state index is 0.109. The first-order chi connectivity index (χ1) is 12.2. The van der Waals surface area contributed by atoms with Crippen molar-refractivity contribution in [1.29, 1.82) is 0 Å². The zero-order chi connectivity index (χ0) is 18.9. The molecule has 6 nitrogen and oxygen atoms in total. The second kappa shape index (κ2) is 6.83. The molecule has 1 aromatic heterocycles. The molecule has 0 bridgehead atoms. The first kappa shape index (κ1) is 18.0. The Hall–Kier alpha value is -2.81. The number of rotatable bonds is 4. The molecule has 2 aromatic rings. The number of urea groups is 1. The average Bonchev–Trinajstić information content (AvgIpc) is 2.83. The van der Waals surface area contributed by atoms with Crippen LogP contribution in [0.1, 0.15) is 5.56 Å². The number of hydrogen-bond donors (Lipinski definition) is 0. The van der Waals surface area contributed by atoms with Gasteiger partial charge in [-0.3, -0.25) is 9.78 Å². The van der Waals surface area contributed by atoms with E-state index >= 15 is 0 Å². The molecule has 0 unspecified atom stereocenters. The van der Waals surface area contributed by atoms with Crippen LogP contribution in [0.25, 0.3) is 0 Å². The highest BCUT2D eigenvalue weighted by atomic mass is 35.5. The number of anilines is 1. The molecule has 3 rings (SSSR count). The third kappa shape index (κ3) is 3.88. The summed E-state index contributed by atoms with van der Waals surface area (Å²) in [6.45, 7) is -0.0595. The number of nitrogens with zero attached hydrogens (tertiary/aromatic N) is 3. The van der Waals surface area contributed by atoms with Crippen molar-refractivity contribution >= 4 is 29.2 Å². The Bertz CT molecular complexity index is 843. The third-order valence-corrected chi connectivity index (χ3v) is 3.92. The highest BCUT2D eigenvalue weighted by Crippen LogP contribution is 2.28. The van der Waals surface area contributed by atoms with E-state index in [-0.39, 0.29) is 18.8 Å². The van der Waals surface area contributed by atoms with Crippen LogP contribution in [0, 0.1) is 0 Å². The molecule has 1 aliphatic heterocycles. The molecule has 0 radical (unpaired) electrons. The van der Waals surface area contributed by atoms with Crippen LogP contribution in [0.5, 0.6) is 5.75 Å². The van der Waals surface area contributed by atoms with Crippen LogP contribution < -0.4 is 9.64 Å². The lowest BCUT2D eigenvalue weighted by molar-refractivity contribution is -0.274. The Morgan fingerprint density at radius 2 is 1.85 bits per heavy atom. The molecule has 1 aliphatic rings. The second-order valence-electron chi connectivity index (χ2n) is 5.38. The number of carbonyl (C=O) groups excluding carboxylic acids is 2. The largest absolute Gasteiger partial charge is 0.573 e. The first-order valence-electron chi connectivity index (χ1n) is 7.30. The number of hydrogen-bond acceptors (Lipinski definition) is 4. The molecule has 0 atom stereocenters. The van der Waals surface area contributed by atoms with E-state index in [0.29, 0.717) is 10.6 Å². The highest BCUT2D eigenvalue weighted by molar-refractivity contribution is 6.31. The fourth-order valence-electron chi connectivity index (χ4n) is 2.46. The van der Waals surface area contributed by atoms with Gasteiger partial charge in [-0.15, -0.1) is 13.2 Å². The Morgan fingerprint density at radius 1 is 1.15 bits per heavy atom. The standard InChI is InChI=1S/C16H11ClF3N3O3/c17-13-7-21-6-5-10(13)8-22-9-14(24)23(15(22)25)11-1-3-12(4-2-11)26-16(18,19)20/h1-7H,8-9H2. The lowest BCUT2D eigenvalue weighted by atomic mass is 10.2. The predicted octanol–water partition coefficient (Wildman–Crippen LogP) is 3.60. The summed E-state index contributed by atoms with van der Waals surface area (Å²) in [4.78, 5) is 30.7. The monoisotopic (exact) mass is 385 g/mol. The summed E-state index contributed by atoms with van der Waals surface area (Å²) in [5, 5.41) is 0.361. The molecule has 3 amide bonds. The summed E-state index contributed by atoms with van der Waals surface area (Å²) < 4.78 is 40.4. The van der Waals surface area contributed by atoms with Gasteiger partial charge in [-0.1, -0.05) is 11.6 Å². The number of benzene rings is 1. The minimum atomic E-state index is -4.82. The van der Waals surface area contributed by atoms with Gasteiger partial charge in [-0.25, -0.2) is 9.69 Å². The molecule has 0 saturated carbocycles. The molecule has 136 valence electrons. The summed E-state index contributed by atoms with van der Waals surface area (Å²) in [7, 11) is 0. The van der Waals surface area contributed by atoms with Crippen molar-refractivity contribution in [3.05, 3.63) is 53.3 Å². The number of aromatic nitrogens is 1. The maximum absolute atomic E-state index is 12.5. The molecular weight excluding hydrogens is 375 g/mol. The van der Waals surface area contributed by atoms with E-state index in [9.17, 15) is 22.8 Å². The summed E-state index contributed by atoms with van der Waals surface area (Å²) in [5.74, 6) is -0.939. The van der Waals surface area contributed by atoms with Crippen LogP contribution in [0.4, 0.5) is 23.7 Å². The van der Waals surface area contributed by atoms with E-state index in [2.05, 4.69) is 9.72 Å². The molecular formula is C16H11ClF3N3O3. The Balaban J connectivity index is 1.76. The molecule has 2 heterocycles. The topological polar surface area (TPSA) is 62.7 Å². The zero-order valence-electron chi connectivity index (χ0n) is 13.0. The van der Waals surface area contributed by atoms with Crippen molar-refractivity contribution in [2.45, 2.75) is 12.9 Å². The molecule has 0 N–H and O–H groups in total. The number of imide groups is 1. The summed E-state index contributed by atoms with van der Waals surface area (Å²) in [6.07, 6.45) is -1.88. The van der Waals surface area contributed by atoms with Gasteiger partial charge in [0, 0.05) is 18.9 Å². The van der Waals surface area contributed by atoms with Crippen LogP contribution in [0.15, 0.2) is 42.7 Å². The van der Waals surface area contributed by atoms with E-state index in [4.69, 9.17) is 11.6 Å². The highest BCUT2D eigenvalue weighted by Gasteiger charge is 2.37. The van der Waals surface area contributed by atoms with E-state index in [1.807, 2.05) is 0 Å². The van der Waals surface area contributed by atoms with E-state index in [1.165, 1.54) is 29.4 Å². The average molecular weight is 386 g/mol. The number of pyridine rings is 1. The van der Waals surface area contributed by atoms with Crippen LogP contribution in [0.2, 0.25) is 5.02 Å². The van der Waals surface area contributed by atoms with Crippen LogP contribution >= 0.6 is 11.6 Å². The first-order valence-corrected chi connectivity index (χ1v) is 7.68. The molecule has 10 heteroatoms. The lowest BCUT2D eigenvalue weighted by Crippen LogP contribution is -2.32. The van der Waals surface area contributed by atoms with Crippen molar-refractivity contribution in [2.75, 3.05) is 11.4 Å². The van der Waals surface area contributed by atoms with Crippen LogP contribution in [-0.4, -0.2) is 34.7 Å². The van der Waals surface area contributed by atoms with Gasteiger partial charge in [0.1, 0.15) is 12.3 Å². The van der Waals surface area contributed by atoms with Gasteiger partial charge in [0.05, 0.1) is 10.7 Å². The molecule has 0 aliphatic carbocycles. The van der Waals surface area contributed by atoms with Gasteiger partial charge in [0.25, 0.3) is 5.91 Å². The quantitative estimate of drug-likeness (QED) is 0.754. The van der Waals surface area contributed by atoms with Crippen molar-refractivity contribution in [3.8, 4) is 5.75 Å². The summed E-state index contributed by atoms with van der Waals surface area (Å²) in [6, 6.07) is 5.52. The fourth-order valence-corrected chi connectivity index (χ4v) is 2.64. The van der Waals surface area contributed by atoms with Crippen molar-refractivity contribution in [3.63, 3.8) is 0 Å². The van der Waals surface area contributed by atoms with Crippen molar-refractivity contribution in [1.82, 2.24) is 9.88 Å². The number of halogens is 4. The van der Waals surface area contributed by atoms with Crippen LogP contribution in [0.3, 0.4) is 0 Å². The molecule has 1 saturated heterocycles. The van der Waals surface area contributed by atoms with Crippen molar-refractivity contribution < 1.29 is 27.5 Å². The normalized spacial score (nSPS) is 14.9. The zero-order valence-corrected chi connectivity index (χ0v) is 13.8. The van der Waals surface area contributed by atoms with Gasteiger partial charge in [-0.05, 0) is 35.9 Å². The summed E-state index contributed by atoms with van der Waals surface area (Å²) in [5.41, 5.74) is 0.774.